The maximum Gasteiger partial charge on any atom is 0.346 e. The summed E-state index contributed by atoms with van der Waals surface area (Å²) >= 11 is 0. The van der Waals surface area contributed by atoms with Gasteiger partial charge in [0, 0.05) is 0 Å². The highest BCUT2D eigenvalue weighted by atomic mass is 16.2. The first-order valence-corrected chi connectivity index (χ1v) is 7.75. The minimum Gasteiger partial charge on any atom is -0.321 e. The van der Waals surface area contributed by atoms with E-state index >= 15 is 0 Å². The molecule has 118 valence electrons. The van der Waals surface area contributed by atoms with Gasteiger partial charge in [-0.15, -0.1) is 5.01 Å². The first-order chi connectivity index (χ1) is 11.0. The molecule has 1 heterocycles. The monoisotopic (exact) mass is 310 g/mol. The smallest absolute Gasteiger partial charge is 0.321 e. The summed E-state index contributed by atoms with van der Waals surface area (Å²) in [5.74, 6) is 0.320. The van der Waals surface area contributed by atoms with Crippen molar-refractivity contribution in [3.05, 3.63) is 35.4 Å². The largest absolute Gasteiger partial charge is 0.346 e. The first kappa shape index (κ1) is 15.2. The molecule has 0 radical (unpaired) electrons. The normalized spacial score (nSPS) is 27.5. The maximum absolute atomic E-state index is 12.6. The number of hydrogen-bond donors (Lipinski definition) is 1. The second-order valence-corrected chi connectivity index (χ2v) is 6.29. The fourth-order valence-electron chi connectivity index (χ4n) is 3.07. The number of nitrogens with zero attached hydrogens (tertiary/aromatic N) is 3. The van der Waals surface area contributed by atoms with E-state index in [2.05, 4.69) is 17.3 Å². The van der Waals surface area contributed by atoms with Crippen LogP contribution >= 0.6 is 0 Å². The van der Waals surface area contributed by atoms with Gasteiger partial charge in [0.25, 0.3) is 5.91 Å². The minimum atomic E-state index is -0.772. The molecule has 3 amide bonds. The van der Waals surface area contributed by atoms with Crippen molar-refractivity contribution in [1.29, 1.82) is 5.26 Å². The number of carbonyl (C=O) groups excluding carboxylic acids is 2. The van der Waals surface area contributed by atoms with E-state index < -0.39 is 11.6 Å². The molecule has 3 rings (SSSR count). The number of urea groups is 1. The molecule has 1 aromatic carbocycles. The van der Waals surface area contributed by atoms with Gasteiger partial charge in [-0.1, -0.05) is 19.1 Å². The Bertz CT molecular complexity index is 694. The average Bonchev–Trinajstić information content (AvgIpc) is 2.80. The van der Waals surface area contributed by atoms with Gasteiger partial charge in [0.2, 0.25) is 0 Å². The molecule has 0 atom stereocenters. The van der Waals surface area contributed by atoms with Gasteiger partial charge in [-0.25, -0.2) is 4.79 Å². The standard InChI is InChI=1S/C17H18N4O2/c1-12-6-8-17(9-7-12)15(22)21(16(23)20-17)19-11-14-4-2-13(10-18)3-5-14/h2-5,11-12H,6-9H2,1H3,(H,20,23)/b19-11-. The number of rotatable bonds is 2. The molecule has 0 bridgehead atoms. The molecule has 6 heteroatoms. The van der Waals surface area contributed by atoms with Crippen LogP contribution in [-0.2, 0) is 4.79 Å². The fourth-order valence-corrected chi connectivity index (χ4v) is 3.07. The summed E-state index contributed by atoms with van der Waals surface area (Å²) in [4.78, 5) is 24.7. The molecule has 1 aromatic rings. The molecule has 6 nitrogen and oxygen atoms in total. The summed E-state index contributed by atoms with van der Waals surface area (Å²) in [6, 6.07) is 8.34. The number of carbonyl (C=O) groups is 2. The van der Waals surface area contributed by atoms with Gasteiger partial charge < -0.3 is 5.32 Å². The zero-order chi connectivity index (χ0) is 16.4. The summed E-state index contributed by atoms with van der Waals surface area (Å²) in [6.07, 6.45) is 4.66. The van der Waals surface area contributed by atoms with Crippen LogP contribution in [0.4, 0.5) is 4.79 Å². The number of nitriles is 1. The molecule has 23 heavy (non-hydrogen) atoms. The topological polar surface area (TPSA) is 85.6 Å². The van der Waals surface area contributed by atoms with Crippen LogP contribution in [0.25, 0.3) is 0 Å². The van der Waals surface area contributed by atoms with E-state index in [1.54, 1.807) is 24.3 Å². The van der Waals surface area contributed by atoms with Gasteiger partial charge in [0.05, 0.1) is 17.8 Å². The number of imide groups is 1. The van der Waals surface area contributed by atoms with Gasteiger partial charge in [-0.3, -0.25) is 4.79 Å². The third kappa shape index (κ3) is 2.82. The van der Waals surface area contributed by atoms with E-state index in [1.807, 2.05) is 6.07 Å². The van der Waals surface area contributed by atoms with Crippen molar-refractivity contribution >= 4 is 18.2 Å². The van der Waals surface area contributed by atoms with Crippen molar-refractivity contribution in [3.63, 3.8) is 0 Å². The van der Waals surface area contributed by atoms with Crippen LogP contribution in [0.3, 0.4) is 0 Å². The van der Waals surface area contributed by atoms with Gasteiger partial charge in [-0.2, -0.15) is 10.4 Å². The number of hydrazone groups is 1. The fraction of sp³-hybridized carbons (Fsp3) is 0.412. The van der Waals surface area contributed by atoms with Crippen LogP contribution < -0.4 is 5.32 Å². The van der Waals surface area contributed by atoms with Crippen LogP contribution in [0.1, 0.15) is 43.7 Å². The zero-order valence-corrected chi connectivity index (χ0v) is 13.0. The SMILES string of the molecule is CC1CCC2(CC1)NC(=O)N(/N=C\c1ccc(C#N)cc1)C2=O. The molecule has 2 fully saturated rings. The van der Waals surface area contributed by atoms with Crippen molar-refractivity contribution in [2.45, 2.75) is 38.1 Å². The second-order valence-electron chi connectivity index (χ2n) is 6.29. The molecule has 1 saturated heterocycles. The summed E-state index contributed by atoms with van der Waals surface area (Å²) in [5, 5.41) is 16.6. The third-order valence-electron chi connectivity index (χ3n) is 4.63. The Morgan fingerprint density at radius 3 is 2.57 bits per heavy atom. The third-order valence-corrected chi connectivity index (χ3v) is 4.63. The molecule has 1 spiro atoms. The highest BCUT2D eigenvalue weighted by Crippen LogP contribution is 2.36. The molecular weight excluding hydrogens is 292 g/mol. The summed E-state index contributed by atoms with van der Waals surface area (Å²) in [6.45, 7) is 2.16. The molecule has 1 N–H and O–H groups in total. The van der Waals surface area contributed by atoms with Crippen LogP contribution in [0.5, 0.6) is 0 Å². The summed E-state index contributed by atoms with van der Waals surface area (Å²) in [7, 11) is 0. The van der Waals surface area contributed by atoms with Gasteiger partial charge in [0.1, 0.15) is 5.54 Å². The van der Waals surface area contributed by atoms with E-state index in [0.29, 0.717) is 24.3 Å². The lowest BCUT2D eigenvalue weighted by atomic mass is 9.77. The van der Waals surface area contributed by atoms with Crippen LogP contribution in [0.15, 0.2) is 29.4 Å². The van der Waals surface area contributed by atoms with Gasteiger partial charge in [0.15, 0.2) is 0 Å². The van der Waals surface area contributed by atoms with Crippen molar-refractivity contribution < 1.29 is 9.59 Å². The van der Waals surface area contributed by atoms with Crippen molar-refractivity contribution in [2.75, 3.05) is 0 Å². The van der Waals surface area contributed by atoms with E-state index in [1.165, 1.54) is 6.21 Å². The van der Waals surface area contributed by atoms with E-state index in [9.17, 15) is 9.59 Å². The number of amides is 3. The summed E-state index contributed by atoms with van der Waals surface area (Å²) in [5.41, 5.74) is 0.501. The predicted octanol–water partition coefficient (Wildman–Crippen LogP) is 2.39. The van der Waals surface area contributed by atoms with E-state index in [0.717, 1.165) is 23.4 Å². The summed E-state index contributed by atoms with van der Waals surface area (Å²) < 4.78 is 0. The Labute approximate surface area is 134 Å². The van der Waals surface area contributed by atoms with Crippen molar-refractivity contribution in [1.82, 2.24) is 10.3 Å². The lowest BCUT2D eigenvalue weighted by Gasteiger charge is -2.33. The highest BCUT2D eigenvalue weighted by molar-refractivity contribution is 6.07. The molecule has 0 unspecified atom stereocenters. The molecule has 0 aromatic heterocycles. The molecule has 1 aliphatic carbocycles. The molecule has 2 aliphatic rings. The Balaban J connectivity index is 1.75. The Morgan fingerprint density at radius 1 is 1.30 bits per heavy atom. The molecule has 1 aliphatic heterocycles. The van der Waals surface area contributed by atoms with E-state index in [-0.39, 0.29) is 5.91 Å². The predicted molar refractivity (Wildman–Crippen MR) is 84.5 cm³/mol. The van der Waals surface area contributed by atoms with E-state index in [4.69, 9.17) is 5.26 Å². The lowest BCUT2D eigenvalue weighted by molar-refractivity contribution is -0.132. The van der Waals surface area contributed by atoms with Crippen molar-refractivity contribution in [2.24, 2.45) is 11.0 Å². The highest BCUT2D eigenvalue weighted by Gasteiger charge is 2.52. The lowest BCUT2D eigenvalue weighted by Crippen LogP contribution is -2.49. The van der Waals surface area contributed by atoms with Crippen LogP contribution in [0.2, 0.25) is 0 Å². The molecular formula is C17H18N4O2. The van der Waals surface area contributed by atoms with Crippen LogP contribution in [0, 0.1) is 17.2 Å². The van der Waals surface area contributed by atoms with Gasteiger partial charge >= 0.3 is 6.03 Å². The average molecular weight is 310 g/mol. The number of benzene rings is 1. The first-order valence-electron chi connectivity index (χ1n) is 7.75. The zero-order valence-electron chi connectivity index (χ0n) is 13.0. The van der Waals surface area contributed by atoms with Crippen molar-refractivity contribution in [3.8, 4) is 6.07 Å². The maximum atomic E-state index is 12.6. The quantitative estimate of drug-likeness (QED) is 0.672. The Hall–Kier alpha value is -2.68. The van der Waals surface area contributed by atoms with Gasteiger partial charge in [-0.05, 0) is 49.3 Å². The Morgan fingerprint density at radius 2 is 1.96 bits per heavy atom. The number of nitrogens with one attached hydrogen (secondary N) is 1. The number of hydrogen-bond acceptors (Lipinski definition) is 4. The second kappa shape index (κ2) is 5.84. The van der Waals surface area contributed by atoms with Crippen LogP contribution in [-0.4, -0.2) is 28.7 Å². The minimum absolute atomic E-state index is 0.265. The Kier molecular flexibility index (Phi) is 3.87. The molecule has 1 saturated carbocycles.